The molecule has 3 rings (SSSR count). The van der Waals surface area contributed by atoms with E-state index in [1.54, 1.807) is 19.3 Å². The van der Waals surface area contributed by atoms with E-state index >= 15 is 0 Å². The van der Waals surface area contributed by atoms with Crippen molar-refractivity contribution < 1.29 is 13.3 Å². The Bertz CT molecular complexity index is 935. The zero-order valence-corrected chi connectivity index (χ0v) is 18.1. The fourth-order valence-electron chi connectivity index (χ4n) is 2.51. The third kappa shape index (κ3) is 6.73. The molecule has 0 aliphatic rings. The second-order valence-corrected chi connectivity index (χ2v) is 5.89. The van der Waals surface area contributed by atoms with Gasteiger partial charge in [-0.25, -0.2) is 8.78 Å². The third-order valence-electron chi connectivity index (χ3n) is 3.91. The lowest BCUT2D eigenvalue weighted by Crippen LogP contribution is -2.39. The van der Waals surface area contributed by atoms with Crippen molar-refractivity contribution in [2.24, 2.45) is 4.99 Å². The lowest BCUT2D eigenvalue weighted by molar-refractivity contribution is 0.421. The van der Waals surface area contributed by atoms with Crippen LogP contribution in [0.2, 0.25) is 0 Å². The van der Waals surface area contributed by atoms with Crippen LogP contribution < -0.4 is 10.6 Å². The molecule has 29 heavy (non-hydrogen) atoms. The van der Waals surface area contributed by atoms with Crippen LogP contribution in [-0.2, 0) is 12.8 Å². The largest absolute Gasteiger partial charge is 0.356 e. The zero-order chi connectivity index (χ0) is 19.8. The molecular weight excluding hydrogens is 493 g/mol. The van der Waals surface area contributed by atoms with Crippen molar-refractivity contribution in [1.29, 1.82) is 0 Å². The lowest BCUT2D eigenvalue weighted by atomic mass is 10.1. The molecule has 0 atom stereocenters. The minimum Gasteiger partial charge on any atom is -0.356 e. The van der Waals surface area contributed by atoms with Crippen LogP contribution in [0.3, 0.4) is 0 Å². The summed E-state index contributed by atoms with van der Waals surface area (Å²) in [5.41, 5.74) is 0.938. The molecule has 0 fully saturated rings. The Labute approximate surface area is 184 Å². The summed E-state index contributed by atoms with van der Waals surface area (Å²) in [7, 11) is 1.63. The van der Waals surface area contributed by atoms with E-state index in [1.807, 2.05) is 12.1 Å². The number of aliphatic imine (C=N–C) groups is 1. The molecule has 7 nitrogen and oxygen atoms in total. The van der Waals surface area contributed by atoms with Gasteiger partial charge in [-0.1, -0.05) is 11.2 Å². The molecule has 2 N–H and O–H groups in total. The van der Waals surface area contributed by atoms with Crippen LogP contribution in [0.1, 0.15) is 11.4 Å². The van der Waals surface area contributed by atoms with Gasteiger partial charge in [0.05, 0.1) is 0 Å². The number of guanidine groups is 1. The molecule has 0 bridgehead atoms. The SMILES string of the molecule is CN=C(NCCc1noc(-c2ccccn2)n1)NCCc1cc(F)ccc1F.I. The molecule has 0 radical (unpaired) electrons. The summed E-state index contributed by atoms with van der Waals surface area (Å²) >= 11 is 0. The third-order valence-corrected chi connectivity index (χ3v) is 3.91. The Morgan fingerprint density at radius 3 is 2.62 bits per heavy atom. The highest BCUT2D eigenvalue weighted by Crippen LogP contribution is 2.13. The van der Waals surface area contributed by atoms with Gasteiger partial charge in [-0.15, -0.1) is 24.0 Å². The number of hydrogen-bond acceptors (Lipinski definition) is 5. The Balaban J connectivity index is 0.00000300. The van der Waals surface area contributed by atoms with Crippen molar-refractivity contribution in [2.45, 2.75) is 12.8 Å². The van der Waals surface area contributed by atoms with E-state index in [0.29, 0.717) is 54.9 Å². The molecule has 0 amide bonds. The Morgan fingerprint density at radius 2 is 1.90 bits per heavy atom. The second-order valence-electron chi connectivity index (χ2n) is 5.89. The number of pyridine rings is 1. The number of aromatic nitrogens is 3. The van der Waals surface area contributed by atoms with Crippen LogP contribution in [-0.4, -0.2) is 41.2 Å². The number of halogens is 3. The van der Waals surface area contributed by atoms with Gasteiger partial charge in [0.15, 0.2) is 11.8 Å². The van der Waals surface area contributed by atoms with Crippen molar-refractivity contribution in [2.75, 3.05) is 20.1 Å². The second kappa shape index (κ2) is 11.4. The highest BCUT2D eigenvalue weighted by Gasteiger charge is 2.09. The number of nitrogens with one attached hydrogen (secondary N) is 2. The molecule has 0 spiro atoms. The van der Waals surface area contributed by atoms with Crippen molar-refractivity contribution in [1.82, 2.24) is 25.8 Å². The molecule has 0 saturated carbocycles. The molecule has 0 aliphatic carbocycles. The van der Waals surface area contributed by atoms with Crippen LogP contribution in [0, 0.1) is 11.6 Å². The highest BCUT2D eigenvalue weighted by molar-refractivity contribution is 14.0. The molecule has 1 aromatic carbocycles. The summed E-state index contributed by atoms with van der Waals surface area (Å²) in [6, 6.07) is 8.88. The summed E-state index contributed by atoms with van der Waals surface area (Å²) < 4.78 is 32.0. The zero-order valence-electron chi connectivity index (χ0n) is 15.7. The monoisotopic (exact) mass is 514 g/mol. The van der Waals surface area contributed by atoms with Gasteiger partial charge in [-0.2, -0.15) is 4.98 Å². The van der Waals surface area contributed by atoms with Crippen molar-refractivity contribution in [3.05, 3.63) is 65.6 Å². The topological polar surface area (TPSA) is 88.2 Å². The maximum atomic E-state index is 13.6. The molecule has 2 heterocycles. The van der Waals surface area contributed by atoms with Crippen LogP contribution in [0.25, 0.3) is 11.6 Å². The fraction of sp³-hybridized carbons (Fsp3) is 0.263. The number of benzene rings is 1. The highest BCUT2D eigenvalue weighted by atomic mass is 127. The van der Waals surface area contributed by atoms with Crippen molar-refractivity contribution >= 4 is 29.9 Å². The molecule has 0 saturated heterocycles. The average molecular weight is 514 g/mol. The summed E-state index contributed by atoms with van der Waals surface area (Å²) in [6.07, 6.45) is 2.52. The summed E-state index contributed by atoms with van der Waals surface area (Å²) in [5.74, 6) is 0.585. The van der Waals surface area contributed by atoms with E-state index in [1.165, 1.54) is 6.07 Å². The number of rotatable bonds is 7. The van der Waals surface area contributed by atoms with E-state index in [4.69, 9.17) is 4.52 Å². The summed E-state index contributed by atoms with van der Waals surface area (Å²) in [4.78, 5) is 12.6. The lowest BCUT2D eigenvalue weighted by Gasteiger charge is -2.11. The molecule has 154 valence electrons. The van der Waals surface area contributed by atoms with Gasteiger partial charge in [0.1, 0.15) is 17.3 Å². The molecule has 3 aromatic rings. The minimum absolute atomic E-state index is 0. The first-order valence-electron chi connectivity index (χ1n) is 8.78. The van der Waals surface area contributed by atoms with Gasteiger partial charge in [-0.3, -0.25) is 9.98 Å². The van der Waals surface area contributed by atoms with Gasteiger partial charge in [-0.05, 0) is 42.3 Å². The van der Waals surface area contributed by atoms with Crippen molar-refractivity contribution in [3.63, 3.8) is 0 Å². The standard InChI is InChI=1S/C19H20F2N6O.HI/c1-22-19(24-10-7-13-12-14(20)5-6-15(13)21)25-11-8-17-26-18(28-27-17)16-4-2-3-9-23-16;/h2-6,9,12H,7-8,10-11H2,1H3,(H2,22,24,25);1H. The van der Waals surface area contributed by atoms with Gasteiger partial charge in [0, 0.05) is 32.8 Å². The summed E-state index contributed by atoms with van der Waals surface area (Å²) in [5, 5.41) is 10.1. The smallest absolute Gasteiger partial charge is 0.276 e. The van der Waals surface area contributed by atoms with Gasteiger partial charge >= 0.3 is 0 Å². The minimum atomic E-state index is -0.455. The number of hydrogen-bond donors (Lipinski definition) is 2. The Morgan fingerprint density at radius 1 is 1.10 bits per heavy atom. The van der Waals surface area contributed by atoms with Gasteiger partial charge in [0.25, 0.3) is 5.89 Å². The maximum absolute atomic E-state index is 13.6. The van der Waals surface area contributed by atoms with Crippen molar-refractivity contribution in [3.8, 4) is 11.6 Å². The van der Waals surface area contributed by atoms with Crippen LogP contribution in [0.5, 0.6) is 0 Å². The maximum Gasteiger partial charge on any atom is 0.276 e. The quantitative estimate of drug-likeness (QED) is 0.287. The fourth-order valence-corrected chi connectivity index (χ4v) is 2.51. The van der Waals surface area contributed by atoms with E-state index < -0.39 is 11.6 Å². The predicted molar refractivity (Wildman–Crippen MR) is 116 cm³/mol. The van der Waals surface area contributed by atoms with Gasteiger partial charge < -0.3 is 15.2 Å². The Kier molecular flexibility index (Phi) is 8.90. The number of nitrogens with zero attached hydrogens (tertiary/aromatic N) is 4. The molecule has 0 unspecified atom stereocenters. The molecular formula is C19H21F2IN6O. The van der Waals surface area contributed by atoms with Gasteiger partial charge in [0.2, 0.25) is 0 Å². The van der Waals surface area contributed by atoms with E-state index in [0.717, 1.165) is 12.1 Å². The summed E-state index contributed by atoms with van der Waals surface area (Å²) in [6.45, 7) is 0.932. The van der Waals surface area contributed by atoms with Crippen LogP contribution >= 0.6 is 24.0 Å². The van der Waals surface area contributed by atoms with E-state index in [2.05, 4.69) is 30.8 Å². The first kappa shape index (κ1) is 22.7. The molecule has 0 aliphatic heterocycles. The van der Waals surface area contributed by atoms with E-state index in [9.17, 15) is 8.78 Å². The van der Waals surface area contributed by atoms with E-state index in [-0.39, 0.29) is 24.0 Å². The average Bonchev–Trinajstić information content (AvgIpc) is 3.19. The van der Waals surface area contributed by atoms with Crippen LogP contribution in [0.4, 0.5) is 8.78 Å². The molecule has 10 heteroatoms. The first-order chi connectivity index (χ1) is 13.7. The molecule has 2 aromatic heterocycles. The predicted octanol–water partition coefficient (Wildman–Crippen LogP) is 2.98. The Hall–Kier alpha value is -2.63. The van der Waals surface area contributed by atoms with Crippen LogP contribution in [0.15, 0.2) is 52.1 Å². The normalized spacial score (nSPS) is 11.1. The first-order valence-corrected chi connectivity index (χ1v) is 8.78.